The third-order valence-electron chi connectivity index (χ3n) is 2.64. The standard InChI is InChI=1S/C8H19N3O5S2/c1-2-16-7-8-17(12,13)10-3-5-11(6-4-10)18(9,14)15/h2-8H2,1H3,(H2,9,14,15). The van der Waals surface area contributed by atoms with Gasteiger partial charge in [-0.3, -0.25) is 0 Å². The van der Waals surface area contributed by atoms with Crippen molar-refractivity contribution in [2.24, 2.45) is 5.14 Å². The number of hydrogen-bond donors (Lipinski definition) is 1. The summed E-state index contributed by atoms with van der Waals surface area (Å²) in [4.78, 5) is 0. The van der Waals surface area contributed by atoms with Gasteiger partial charge in [0.25, 0.3) is 10.2 Å². The predicted octanol–water partition coefficient (Wildman–Crippen LogP) is -1.83. The summed E-state index contributed by atoms with van der Waals surface area (Å²) in [6, 6.07) is 0. The van der Waals surface area contributed by atoms with E-state index in [-0.39, 0.29) is 38.5 Å². The van der Waals surface area contributed by atoms with Gasteiger partial charge in [-0.15, -0.1) is 0 Å². The molecule has 1 saturated heterocycles. The first-order chi connectivity index (χ1) is 8.27. The molecule has 1 heterocycles. The van der Waals surface area contributed by atoms with Crippen LogP contribution in [0, 0.1) is 0 Å². The molecule has 0 atom stereocenters. The summed E-state index contributed by atoms with van der Waals surface area (Å²) in [5, 5.41) is 4.97. The van der Waals surface area contributed by atoms with E-state index in [1.54, 1.807) is 6.92 Å². The van der Waals surface area contributed by atoms with Crippen molar-refractivity contribution < 1.29 is 21.6 Å². The molecule has 0 bridgehead atoms. The maximum absolute atomic E-state index is 11.9. The molecule has 0 aliphatic carbocycles. The average Bonchev–Trinajstić information content (AvgIpc) is 2.28. The fraction of sp³-hybridized carbons (Fsp3) is 1.00. The summed E-state index contributed by atoms with van der Waals surface area (Å²) in [6.45, 7) is 2.84. The summed E-state index contributed by atoms with van der Waals surface area (Å²) in [5.74, 6) is -0.0871. The molecular formula is C8H19N3O5S2. The largest absolute Gasteiger partial charge is 0.381 e. The van der Waals surface area contributed by atoms with Crippen LogP contribution in [0.3, 0.4) is 0 Å². The smallest absolute Gasteiger partial charge is 0.276 e. The van der Waals surface area contributed by atoms with Crippen LogP contribution in [0.2, 0.25) is 0 Å². The van der Waals surface area contributed by atoms with E-state index < -0.39 is 20.2 Å². The number of piperazine rings is 1. The lowest BCUT2D eigenvalue weighted by Gasteiger charge is -2.32. The van der Waals surface area contributed by atoms with Crippen LogP contribution in [0.5, 0.6) is 0 Å². The Morgan fingerprint density at radius 1 is 1.06 bits per heavy atom. The predicted molar refractivity (Wildman–Crippen MR) is 66.5 cm³/mol. The quantitative estimate of drug-likeness (QED) is 0.580. The normalized spacial score (nSPS) is 20.1. The highest BCUT2D eigenvalue weighted by atomic mass is 32.2. The third kappa shape index (κ3) is 4.44. The Bertz CT molecular complexity index is 453. The second-order valence-electron chi connectivity index (χ2n) is 3.86. The minimum absolute atomic E-state index is 0.0871. The lowest BCUT2D eigenvalue weighted by atomic mass is 10.4. The van der Waals surface area contributed by atoms with Crippen LogP contribution in [0.1, 0.15) is 6.92 Å². The Hall–Kier alpha value is -0.260. The summed E-state index contributed by atoms with van der Waals surface area (Å²) >= 11 is 0. The second-order valence-corrected chi connectivity index (χ2v) is 7.49. The van der Waals surface area contributed by atoms with Gasteiger partial charge in [0.2, 0.25) is 10.0 Å². The van der Waals surface area contributed by atoms with Gasteiger partial charge < -0.3 is 4.74 Å². The third-order valence-corrected chi connectivity index (χ3v) is 5.56. The average molecular weight is 301 g/mol. The van der Waals surface area contributed by atoms with E-state index in [1.807, 2.05) is 0 Å². The number of nitrogens with two attached hydrogens (primary N) is 1. The highest BCUT2D eigenvalue weighted by molar-refractivity contribution is 7.89. The first kappa shape index (κ1) is 15.8. The molecular weight excluding hydrogens is 282 g/mol. The molecule has 1 fully saturated rings. The first-order valence-electron chi connectivity index (χ1n) is 5.61. The molecule has 108 valence electrons. The van der Waals surface area contributed by atoms with Crippen molar-refractivity contribution in [1.29, 1.82) is 0 Å². The Labute approximate surface area is 108 Å². The second kappa shape index (κ2) is 6.26. The number of hydrogen-bond acceptors (Lipinski definition) is 5. The Morgan fingerprint density at radius 2 is 1.56 bits per heavy atom. The molecule has 1 aliphatic heterocycles. The molecule has 2 N–H and O–H groups in total. The molecule has 0 amide bonds. The molecule has 0 saturated carbocycles. The summed E-state index contributed by atoms with van der Waals surface area (Å²) in [7, 11) is -7.11. The summed E-state index contributed by atoms with van der Waals surface area (Å²) in [6.07, 6.45) is 0. The van der Waals surface area contributed by atoms with Crippen molar-refractivity contribution in [3.63, 3.8) is 0 Å². The van der Waals surface area contributed by atoms with Gasteiger partial charge in [0.1, 0.15) is 0 Å². The summed E-state index contributed by atoms with van der Waals surface area (Å²) in [5.41, 5.74) is 0. The number of ether oxygens (including phenoxy) is 1. The van der Waals surface area contributed by atoms with Gasteiger partial charge in [-0.05, 0) is 6.92 Å². The van der Waals surface area contributed by atoms with E-state index >= 15 is 0 Å². The van der Waals surface area contributed by atoms with Crippen LogP contribution in [0.4, 0.5) is 0 Å². The maximum Gasteiger partial charge on any atom is 0.276 e. The molecule has 10 heteroatoms. The molecule has 0 radical (unpaired) electrons. The van der Waals surface area contributed by atoms with Crippen LogP contribution in [-0.4, -0.2) is 70.6 Å². The molecule has 1 rings (SSSR count). The lowest BCUT2D eigenvalue weighted by molar-refractivity contribution is 0.161. The van der Waals surface area contributed by atoms with Crippen LogP contribution in [-0.2, 0) is 25.0 Å². The number of sulfonamides is 1. The van der Waals surface area contributed by atoms with Crippen molar-refractivity contribution in [3.05, 3.63) is 0 Å². The van der Waals surface area contributed by atoms with Crippen molar-refractivity contribution in [3.8, 4) is 0 Å². The van der Waals surface area contributed by atoms with Gasteiger partial charge in [0, 0.05) is 32.8 Å². The van der Waals surface area contributed by atoms with E-state index in [9.17, 15) is 16.8 Å². The Kier molecular flexibility index (Phi) is 5.49. The van der Waals surface area contributed by atoms with Crippen LogP contribution in [0.25, 0.3) is 0 Å². The minimum Gasteiger partial charge on any atom is -0.381 e. The van der Waals surface area contributed by atoms with Crippen LogP contribution >= 0.6 is 0 Å². The minimum atomic E-state index is -3.73. The van der Waals surface area contributed by atoms with Crippen LogP contribution < -0.4 is 5.14 Å². The molecule has 0 spiro atoms. The number of rotatable bonds is 6. The number of nitrogens with zero attached hydrogens (tertiary/aromatic N) is 2. The molecule has 0 aromatic heterocycles. The molecule has 18 heavy (non-hydrogen) atoms. The fourth-order valence-electron chi connectivity index (χ4n) is 1.64. The van der Waals surface area contributed by atoms with E-state index in [4.69, 9.17) is 9.88 Å². The maximum atomic E-state index is 11.9. The van der Waals surface area contributed by atoms with Gasteiger partial charge in [-0.2, -0.15) is 17.0 Å². The Morgan fingerprint density at radius 3 is 2.00 bits per heavy atom. The van der Waals surface area contributed by atoms with Gasteiger partial charge in [-0.1, -0.05) is 0 Å². The van der Waals surface area contributed by atoms with E-state index in [1.165, 1.54) is 4.31 Å². The summed E-state index contributed by atoms with van der Waals surface area (Å²) < 4.78 is 53.2. The molecule has 0 aromatic rings. The van der Waals surface area contributed by atoms with E-state index in [2.05, 4.69) is 0 Å². The monoisotopic (exact) mass is 301 g/mol. The van der Waals surface area contributed by atoms with Gasteiger partial charge in [-0.25, -0.2) is 13.6 Å². The fourth-order valence-corrected chi connectivity index (χ4v) is 3.62. The van der Waals surface area contributed by atoms with Gasteiger partial charge in [0.15, 0.2) is 0 Å². The zero-order valence-electron chi connectivity index (χ0n) is 10.3. The van der Waals surface area contributed by atoms with Gasteiger partial charge >= 0.3 is 0 Å². The molecule has 0 aromatic carbocycles. The first-order valence-corrected chi connectivity index (χ1v) is 8.72. The van der Waals surface area contributed by atoms with Crippen LogP contribution in [0.15, 0.2) is 0 Å². The van der Waals surface area contributed by atoms with Crippen molar-refractivity contribution in [2.75, 3.05) is 45.1 Å². The van der Waals surface area contributed by atoms with Crippen molar-refractivity contribution in [2.45, 2.75) is 6.92 Å². The lowest BCUT2D eigenvalue weighted by Crippen LogP contribution is -2.52. The zero-order valence-corrected chi connectivity index (χ0v) is 11.9. The molecule has 8 nitrogen and oxygen atoms in total. The topological polar surface area (TPSA) is 110 Å². The zero-order chi connectivity index (χ0) is 13.8. The molecule has 0 unspecified atom stereocenters. The highest BCUT2D eigenvalue weighted by Gasteiger charge is 2.30. The van der Waals surface area contributed by atoms with Gasteiger partial charge in [0.05, 0.1) is 12.4 Å². The van der Waals surface area contributed by atoms with Crippen molar-refractivity contribution >= 4 is 20.2 Å². The molecule has 1 aliphatic rings. The Balaban J connectivity index is 2.52. The van der Waals surface area contributed by atoms with E-state index in [0.717, 1.165) is 4.31 Å². The highest BCUT2D eigenvalue weighted by Crippen LogP contribution is 2.09. The SMILES string of the molecule is CCOCCS(=O)(=O)N1CCN(S(N)(=O)=O)CC1. The van der Waals surface area contributed by atoms with E-state index in [0.29, 0.717) is 6.61 Å². The van der Waals surface area contributed by atoms with Crippen molar-refractivity contribution in [1.82, 2.24) is 8.61 Å².